The fourth-order valence-electron chi connectivity index (χ4n) is 3.58. The van der Waals surface area contributed by atoms with Crippen LogP contribution in [0.3, 0.4) is 0 Å². The molecule has 0 unspecified atom stereocenters. The number of hydrogen-bond acceptors (Lipinski definition) is 3. The normalized spacial score (nSPS) is 19.7. The van der Waals surface area contributed by atoms with Crippen LogP contribution in [0.2, 0.25) is 0 Å². The van der Waals surface area contributed by atoms with E-state index in [1.54, 1.807) is 0 Å². The van der Waals surface area contributed by atoms with Crippen molar-refractivity contribution in [2.24, 2.45) is 5.92 Å². The molecule has 0 aliphatic carbocycles. The highest BCUT2D eigenvalue weighted by Crippen LogP contribution is 2.26. The van der Waals surface area contributed by atoms with Crippen molar-refractivity contribution < 1.29 is 13.2 Å². The minimum Gasteiger partial charge on any atom is -0.358 e. The van der Waals surface area contributed by atoms with Gasteiger partial charge in [-0.05, 0) is 50.3 Å². The molecule has 1 saturated heterocycles. The lowest BCUT2D eigenvalue weighted by atomic mass is 10.0. The van der Waals surface area contributed by atoms with Crippen LogP contribution >= 0.6 is 0 Å². The van der Waals surface area contributed by atoms with E-state index in [9.17, 15) is 13.2 Å². The standard InChI is InChI=1S/C18H24N2O3S/c1-11-6-12(2)18-16(7-11)15(13(3)20-18)8-17(21)19-9-14-4-5-24(22,23)10-14/h6-7,14,20H,4-5,8-10H2,1-3H3,(H,19,21)/t14-/m0/s1. The number of amides is 1. The molecule has 0 spiro atoms. The van der Waals surface area contributed by atoms with Gasteiger partial charge in [0.25, 0.3) is 0 Å². The number of sulfone groups is 1. The average molecular weight is 348 g/mol. The van der Waals surface area contributed by atoms with Crippen molar-refractivity contribution >= 4 is 26.6 Å². The van der Waals surface area contributed by atoms with Crippen LogP contribution in [0.1, 0.15) is 28.8 Å². The molecule has 0 bridgehead atoms. The van der Waals surface area contributed by atoms with Gasteiger partial charge in [0.1, 0.15) is 0 Å². The second-order valence-electron chi connectivity index (χ2n) is 6.98. The number of benzene rings is 1. The van der Waals surface area contributed by atoms with Gasteiger partial charge in [-0.2, -0.15) is 0 Å². The molecule has 0 saturated carbocycles. The highest BCUT2D eigenvalue weighted by atomic mass is 32.2. The number of aromatic amines is 1. The van der Waals surface area contributed by atoms with Gasteiger partial charge in [0, 0.05) is 23.1 Å². The number of aromatic nitrogens is 1. The van der Waals surface area contributed by atoms with Crippen molar-refractivity contribution in [1.82, 2.24) is 10.3 Å². The number of rotatable bonds is 4. The second kappa shape index (κ2) is 6.24. The molecule has 1 atom stereocenters. The molecule has 1 fully saturated rings. The Morgan fingerprint density at radius 3 is 2.71 bits per heavy atom. The fourth-order valence-corrected chi connectivity index (χ4v) is 5.44. The van der Waals surface area contributed by atoms with Crippen LogP contribution in [0.15, 0.2) is 12.1 Å². The van der Waals surface area contributed by atoms with Gasteiger partial charge in [0.2, 0.25) is 5.91 Å². The zero-order valence-corrected chi connectivity index (χ0v) is 15.2. The number of carbonyl (C=O) groups is 1. The minimum atomic E-state index is -2.89. The highest BCUT2D eigenvalue weighted by molar-refractivity contribution is 7.91. The molecular weight excluding hydrogens is 324 g/mol. The summed E-state index contributed by atoms with van der Waals surface area (Å²) in [6.45, 7) is 6.55. The van der Waals surface area contributed by atoms with E-state index >= 15 is 0 Å². The largest absolute Gasteiger partial charge is 0.358 e. The third kappa shape index (κ3) is 3.48. The summed E-state index contributed by atoms with van der Waals surface area (Å²) in [7, 11) is -2.89. The molecular formula is C18H24N2O3S. The van der Waals surface area contributed by atoms with Gasteiger partial charge in [0.05, 0.1) is 17.9 Å². The lowest BCUT2D eigenvalue weighted by Gasteiger charge is -2.10. The van der Waals surface area contributed by atoms with E-state index in [-0.39, 0.29) is 23.3 Å². The first-order chi connectivity index (χ1) is 11.2. The first-order valence-electron chi connectivity index (χ1n) is 8.30. The maximum Gasteiger partial charge on any atom is 0.224 e. The summed E-state index contributed by atoms with van der Waals surface area (Å²) in [5.74, 6) is 0.431. The van der Waals surface area contributed by atoms with Crippen LogP contribution in [0.4, 0.5) is 0 Å². The molecule has 3 rings (SSSR count). The molecule has 130 valence electrons. The molecule has 1 aromatic carbocycles. The van der Waals surface area contributed by atoms with E-state index in [1.165, 1.54) is 11.1 Å². The Labute approximate surface area is 142 Å². The molecule has 2 N–H and O–H groups in total. The molecule has 0 radical (unpaired) electrons. The number of nitrogens with one attached hydrogen (secondary N) is 2. The molecule has 5 nitrogen and oxygen atoms in total. The first-order valence-corrected chi connectivity index (χ1v) is 10.1. The van der Waals surface area contributed by atoms with Crippen molar-refractivity contribution in [3.8, 4) is 0 Å². The molecule has 1 aliphatic heterocycles. The predicted octanol–water partition coefficient (Wildman–Crippen LogP) is 2.19. The summed E-state index contributed by atoms with van der Waals surface area (Å²) < 4.78 is 23.0. The van der Waals surface area contributed by atoms with E-state index in [4.69, 9.17) is 0 Å². The molecule has 1 amide bonds. The van der Waals surface area contributed by atoms with Crippen molar-refractivity contribution in [1.29, 1.82) is 0 Å². The van der Waals surface area contributed by atoms with Crippen LogP contribution in [0.5, 0.6) is 0 Å². The topological polar surface area (TPSA) is 79.0 Å². The van der Waals surface area contributed by atoms with Crippen molar-refractivity contribution in [2.45, 2.75) is 33.6 Å². The van der Waals surface area contributed by atoms with Crippen LogP contribution < -0.4 is 5.32 Å². The van der Waals surface area contributed by atoms with E-state index < -0.39 is 9.84 Å². The SMILES string of the molecule is Cc1cc(C)c2[nH]c(C)c(CC(=O)NC[C@@H]3CCS(=O)(=O)C3)c2c1. The van der Waals surface area contributed by atoms with E-state index in [0.717, 1.165) is 22.2 Å². The summed E-state index contributed by atoms with van der Waals surface area (Å²) in [6.07, 6.45) is 0.960. The van der Waals surface area contributed by atoms with Crippen LogP contribution in [0, 0.1) is 26.7 Å². The van der Waals surface area contributed by atoms with E-state index in [0.29, 0.717) is 19.4 Å². The molecule has 2 heterocycles. The number of fused-ring (bicyclic) bond motifs is 1. The maximum atomic E-state index is 12.3. The zero-order chi connectivity index (χ0) is 17.5. The Kier molecular flexibility index (Phi) is 4.42. The zero-order valence-electron chi connectivity index (χ0n) is 14.4. The molecule has 2 aromatic rings. The Hall–Kier alpha value is -1.82. The first kappa shape index (κ1) is 17.0. The second-order valence-corrected chi connectivity index (χ2v) is 9.21. The van der Waals surface area contributed by atoms with Crippen molar-refractivity contribution in [3.63, 3.8) is 0 Å². The molecule has 24 heavy (non-hydrogen) atoms. The van der Waals surface area contributed by atoms with Gasteiger partial charge in [-0.3, -0.25) is 4.79 Å². The smallest absolute Gasteiger partial charge is 0.224 e. The highest BCUT2D eigenvalue weighted by Gasteiger charge is 2.28. The number of carbonyl (C=O) groups excluding carboxylic acids is 1. The third-order valence-corrected chi connectivity index (χ3v) is 6.66. The van der Waals surface area contributed by atoms with Crippen molar-refractivity contribution in [3.05, 3.63) is 34.5 Å². The summed E-state index contributed by atoms with van der Waals surface area (Å²) in [5, 5.41) is 4.01. The van der Waals surface area contributed by atoms with Gasteiger partial charge in [-0.15, -0.1) is 0 Å². The van der Waals surface area contributed by atoms with Gasteiger partial charge < -0.3 is 10.3 Å². The summed E-state index contributed by atoms with van der Waals surface area (Å²) in [5.41, 5.74) is 5.47. The Balaban J connectivity index is 1.71. The van der Waals surface area contributed by atoms with Crippen LogP contribution in [-0.4, -0.2) is 37.4 Å². The number of aryl methyl sites for hydroxylation is 3. The van der Waals surface area contributed by atoms with Gasteiger partial charge in [0.15, 0.2) is 9.84 Å². The van der Waals surface area contributed by atoms with Gasteiger partial charge >= 0.3 is 0 Å². The predicted molar refractivity (Wildman–Crippen MR) is 96.0 cm³/mol. The van der Waals surface area contributed by atoms with E-state index in [1.807, 2.05) is 6.92 Å². The third-order valence-electron chi connectivity index (χ3n) is 4.82. The lowest BCUT2D eigenvalue weighted by molar-refractivity contribution is -0.120. The maximum absolute atomic E-state index is 12.3. The molecule has 6 heteroatoms. The average Bonchev–Trinajstić information content (AvgIpc) is 2.98. The molecule has 1 aromatic heterocycles. The van der Waals surface area contributed by atoms with Gasteiger partial charge in [-0.25, -0.2) is 8.42 Å². The summed E-state index contributed by atoms with van der Waals surface area (Å²) in [6, 6.07) is 4.24. The Morgan fingerprint density at radius 1 is 1.29 bits per heavy atom. The minimum absolute atomic E-state index is 0.0486. The quantitative estimate of drug-likeness (QED) is 0.889. The van der Waals surface area contributed by atoms with Crippen LogP contribution in [-0.2, 0) is 21.1 Å². The number of hydrogen-bond donors (Lipinski definition) is 2. The Bertz CT molecular complexity index is 897. The van der Waals surface area contributed by atoms with Crippen LogP contribution in [0.25, 0.3) is 10.9 Å². The summed E-state index contributed by atoms with van der Waals surface area (Å²) >= 11 is 0. The fraction of sp³-hybridized carbons (Fsp3) is 0.500. The number of H-pyrrole nitrogens is 1. The van der Waals surface area contributed by atoms with Gasteiger partial charge in [-0.1, -0.05) is 11.6 Å². The lowest BCUT2D eigenvalue weighted by Crippen LogP contribution is -2.31. The van der Waals surface area contributed by atoms with E-state index in [2.05, 4.69) is 36.3 Å². The van der Waals surface area contributed by atoms with Crippen molar-refractivity contribution in [2.75, 3.05) is 18.1 Å². The summed E-state index contributed by atoms with van der Waals surface area (Å²) in [4.78, 5) is 15.7. The molecule has 1 aliphatic rings. The monoisotopic (exact) mass is 348 g/mol. The Morgan fingerprint density at radius 2 is 2.04 bits per heavy atom.